The maximum Gasteiger partial charge on any atom is 0.179 e. The zero-order valence-electron chi connectivity index (χ0n) is 19.0. The van der Waals surface area contributed by atoms with Crippen LogP contribution >= 0.6 is 0 Å². The normalized spacial score (nSPS) is 22.3. The number of aryl methyl sites for hydroxylation is 1. The van der Waals surface area contributed by atoms with Crippen LogP contribution in [-0.2, 0) is 13.0 Å². The molecule has 1 fully saturated rings. The van der Waals surface area contributed by atoms with Crippen LogP contribution in [-0.4, -0.2) is 47.0 Å². The van der Waals surface area contributed by atoms with Crippen molar-refractivity contribution in [1.82, 2.24) is 15.3 Å². The Bertz CT molecular complexity index is 1110. The first-order valence-corrected chi connectivity index (χ1v) is 11.7. The zero-order chi connectivity index (χ0) is 22.7. The van der Waals surface area contributed by atoms with E-state index in [1.54, 1.807) is 13.3 Å². The standard InChI is InChI=1S/C26H31N3O4/c1-31-22-4-2-3-21-18(8-12-27-25(21)22)5-9-26(30)10-6-19(7-11-26)28-16-20-15-23-24(17-29-20)33-14-13-32-23/h2-4,8,12,15,17,19,28,30H,5-7,9-11,13-14,16H2,1H3. The summed E-state index contributed by atoms with van der Waals surface area (Å²) in [5, 5.41) is 15.9. The number of para-hydroxylation sites is 1. The van der Waals surface area contributed by atoms with Crippen LogP contribution in [0.15, 0.2) is 42.7 Å². The van der Waals surface area contributed by atoms with E-state index >= 15 is 0 Å². The molecule has 3 aromatic rings. The van der Waals surface area contributed by atoms with Crippen LogP contribution in [0.5, 0.6) is 17.2 Å². The molecule has 0 atom stereocenters. The van der Waals surface area contributed by atoms with Gasteiger partial charge in [-0.1, -0.05) is 12.1 Å². The van der Waals surface area contributed by atoms with Gasteiger partial charge < -0.3 is 24.6 Å². The number of methoxy groups -OCH3 is 1. The van der Waals surface area contributed by atoms with E-state index in [4.69, 9.17) is 14.2 Å². The molecule has 5 rings (SSSR count). The molecule has 2 aliphatic rings. The quantitative estimate of drug-likeness (QED) is 0.567. The van der Waals surface area contributed by atoms with Crippen molar-refractivity contribution in [3.8, 4) is 17.2 Å². The van der Waals surface area contributed by atoms with Gasteiger partial charge in [0.15, 0.2) is 11.5 Å². The Morgan fingerprint density at radius 2 is 1.94 bits per heavy atom. The van der Waals surface area contributed by atoms with Crippen molar-refractivity contribution in [2.75, 3.05) is 20.3 Å². The summed E-state index contributed by atoms with van der Waals surface area (Å²) in [4.78, 5) is 8.96. The van der Waals surface area contributed by atoms with Crippen LogP contribution in [0.1, 0.15) is 43.4 Å². The molecule has 1 aliphatic carbocycles. The Morgan fingerprint density at radius 1 is 1.12 bits per heavy atom. The average Bonchev–Trinajstić information content (AvgIpc) is 2.86. The first-order valence-electron chi connectivity index (χ1n) is 11.7. The Hall–Kier alpha value is -2.90. The largest absolute Gasteiger partial charge is 0.494 e. The number of benzene rings is 1. The SMILES string of the molecule is COc1cccc2c(CCC3(O)CCC(NCc4cc5c(cn4)OCCO5)CC3)ccnc12. The van der Waals surface area contributed by atoms with E-state index in [1.165, 1.54) is 5.56 Å². The number of nitrogens with zero attached hydrogens (tertiary/aromatic N) is 2. The number of rotatable bonds is 7. The van der Waals surface area contributed by atoms with Gasteiger partial charge in [-0.2, -0.15) is 0 Å². The number of aliphatic hydroxyl groups is 1. The van der Waals surface area contributed by atoms with Gasteiger partial charge in [0.25, 0.3) is 0 Å². The highest BCUT2D eigenvalue weighted by atomic mass is 16.6. The van der Waals surface area contributed by atoms with Crippen molar-refractivity contribution in [3.05, 3.63) is 54.0 Å². The smallest absolute Gasteiger partial charge is 0.179 e. The lowest BCUT2D eigenvalue weighted by molar-refractivity contribution is -0.0108. The zero-order valence-corrected chi connectivity index (χ0v) is 19.0. The molecule has 0 saturated heterocycles. The van der Waals surface area contributed by atoms with Gasteiger partial charge in [-0.15, -0.1) is 0 Å². The van der Waals surface area contributed by atoms with Gasteiger partial charge in [0.05, 0.1) is 24.6 Å². The molecular weight excluding hydrogens is 418 g/mol. The topological polar surface area (TPSA) is 85.7 Å². The number of hydrogen-bond donors (Lipinski definition) is 2. The van der Waals surface area contributed by atoms with Crippen molar-refractivity contribution < 1.29 is 19.3 Å². The van der Waals surface area contributed by atoms with Crippen molar-refractivity contribution in [2.45, 2.75) is 56.7 Å². The minimum Gasteiger partial charge on any atom is -0.494 e. The van der Waals surface area contributed by atoms with Crippen LogP contribution in [0.2, 0.25) is 0 Å². The van der Waals surface area contributed by atoms with Crippen LogP contribution < -0.4 is 19.5 Å². The maximum absolute atomic E-state index is 11.2. The summed E-state index contributed by atoms with van der Waals surface area (Å²) in [6, 6.07) is 10.4. The molecule has 1 saturated carbocycles. The molecular formula is C26H31N3O4. The Morgan fingerprint density at radius 3 is 2.76 bits per heavy atom. The second kappa shape index (κ2) is 9.53. The highest BCUT2D eigenvalue weighted by Gasteiger charge is 2.33. The van der Waals surface area contributed by atoms with Crippen molar-refractivity contribution in [2.24, 2.45) is 0 Å². The summed E-state index contributed by atoms with van der Waals surface area (Å²) in [6.07, 6.45) is 8.64. The van der Waals surface area contributed by atoms with Gasteiger partial charge >= 0.3 is 0 Å². The Labute approximate surface area is 194 Å². The number of fused-ring (bicyclic) bond motifs is 2. The third kappa shape index (κ3) is 4.89. The van der Waals surface area contributed by atoms with Crippen LogP contribution in [0.4, 0.5) is 0 Å². The molecule has 1 aromatic carbocycles. The van der Waals surface area contributed by atoms with Gasteiger partial charge in [-0.25, -0.2) is 0 Å². The molecule has 0 bridgehead atoms. The van der Waals surface area contributed by atoms with E-state index < -0.39 is 5.60 Å². The highest BCUT2D eigenvalue weighted by molar-refractivity contribution is 5.87. The summed E-state index contributed by atoms with van der Waals surface area (Å²) in [5.41, 5.74) is 2.41. The van der Waals surface area contributed by atoms with E-state index in [2.05, 4.69) is 27.4 Å². The fourth-order valence-corrected chi connectivity index (χ4v) is 4.90. The lowest BCUT2D eigenvalue weighted by atomic mass is 9.78. The number of aromatic nitrogens is 2. The molecule has 0 unspecified atom stereocenters. The van der Waals surface area contributed by atoms with E-state index in [1.807, 2.05) is 24.4 Å². The Kier molecular flexibility index (Phi) is 6.33. The van der Waals surface area contributed by atoms with E-state index in [0.717, 1.165) is 66.6 Å². The number of nitrogens with one attached hydrogen (secondary N) is 1. The van der Waals surface area contributed by atoms with Crippen LogP contribution in [0.25, 0.3) is 10.9 Å². The first-order chi connectivity index (χ1) is 16.1. The number of ether oxygens (including phenoxy) is 3. The fraction of sp³-hybridized carbons (Fsp3) is 0.462. The molecule has 2 N–H and O–H groups in total. The lowest BCUT2D eigenvalue weighted by Crippen LogP contribution is -2.41. The summed E-state index contributed by atoms with van der Waals surface area (Å²) in [7, 11) is 1.67. The van der Waals surface area contributed by atoms with Gasteiger partial charge in [0.1, 0.15) is 24.5 Å². The predicted molar refractivity (Wildman–Crippen MR) is 126 cm³/mol. The monoisotopic (exact) mass is 449 g/mol. The molecule has 7 nitrogen and oxygen atoms in total. The van der Waals surface area contributed by atoms with Crippen molar-refractivity contribution in [1.29, 1.82) is 0 Å². The van der Waals surface area contributed by atoms with Crippen molar-refractivity contribution >= 4 is 10.9 Å². The molecule has 33 heavy (non-hydrogen) atoms. The molecule has 0 radical (unpaired) electrons. The number of pyridine rings is 2. The molecule has 2 aromatic heterocycles. The summed E-state index contributed by atoms with van der Waals surface area (Å²) in [6.45, 7) is 1.83. The van der Waals surface area contributed by atoms with Gasteiger partial charge in [-0.3, -0.25) is 9.97 Å². The molecule has 3 heterocycles. The molecule has 7 heteroatoms. The minimum atomic E-state index is -0.623. The van der Waals surface area contributed by atoms with E-state index in [9.17, 15) is 5.11 Å². The van der Waals surface area contributed by atoms with Gasteiger partial charge in [0.2, 0.25) is 0 Å². The highest BCUT2D eigenvalue weighted by Crippen LogP contribution is 2.34. The second-order valence-corrected chi connectivity index (χ2v) is 9.03. The summed E-state index contributed by atoms with van der Waals surface area (Å²) >= 11 is 0. The summed E-state index contributed by atoms with van der Waals surface area (Å²) in [5.74, 6) is 2.27. The van der Waals surface area contributed by atoms with Crippen LogP contribution in [0.3, 0.4) is 0 Å². The third-order valence-electron chi connectivity index (χ3n) is 6.88. The van der Waals surface area contributed by atoms with E-state index in [-0.39, 0.29) is 0 Å². The predicted octanol–water partition coefficient (Wildman–Crippen LogP) is 3.81. The Balaban J connectivity index is 1.14. The average molecular weight is 450 g/mol. The first kappa shape index (κ1) is 21.9. The van der Waals surface area contributed by atoms with Crippen molar-refractivity contribution in [3.63, 3.8) is 0 Å². The molecule has 0 spiro atoms. The minimum absolute atomic E-state index is 0.381. The molecule has 174 valence electrons. The molecule has 0 amide bonds. The maximum atomic E-state index is 11.2. The number of hydrogen-bond acceptors (Lipinski definition) is 7. The second-order valence-electron chi connectivity index (χ2n) is 9.03. The fourth-order valence-electron chi connectivity index (χ4n) is 4.90. The van der Waals surface area contributed by atoms with Gasteiger partial charge in [0, 0.05) is 30.2 Å². The summed E-state index contributed by atoms with van der Waals surface area (Å²) < 4.78 is 16.6. The third-order valence-corrected chi connectivity index (χ3v) is 6.88. The lowest BCUT2D eigenvalue weighted by Gasteiger charge is -2.36. The molecule has 1 aliphatic heterocycles. The van der Waals surface area contributed by atoms with E-state index in [0.29, 0.717) is 31.5 Å². The van der Waals surface area contributed by atoms with Crippen LogP contribution in [0, 0.1) is 0 Å². The van der Waals surface area contributed by atoms with Gasteiger partial charge in [-0.05, 0) is 56.2 Å².